The third-order valence-corrected chi connectivity index (χ3v) is 5.61. The molecule has 0 aliphatic carbocycles. The summed E-state index contributed by atoms with van der Waals surface area (Å²) in [5, 5.41) is 0. The van der Waals surface area contributed by atoms with Crippen molar-refractivity contribution in [2.45, 2.75) is 25.3 Å². The summed E-state index contributed by atoms with van der Waals surface area (Å²) in [5.74, 6) is -1.74. The second kappa shape index (κ2) is 7.33. The Morgan fingerprint density at radius 1 is 1.12 bits per heavy atom. The Morgan fingerprint density at radius 2 is 1.80 bits per heavy atom. The van der Waals surface area contributed by atoms with Crippen LogP contribution in [0.15, 0.2) is 41.3 Å². The van der Waals surface area contributed by atoms with Gasteiger partial charge in [0.2, 0.25) is 10.0 Å². The second-order valence-electron chi connectivity index (χ2n) is 5.94. The molecule has 5 nitrogen and oxygen atoms in total. The zero-order valence-corrected chi connectivity index (χ0v) is 15.4. The van der Waals surface area contributed by atoms with E-state index in [0.717, 1.165) is 39.2 Å². The van der Waals surface area contributed by atoms with Crippen LogP contribution in [0, 0.1) is 19.7 Å². The molecule has 0 fully saturated rings. The fourth-order valence-electron chi connectivity index (χ4n) is 2.21. The molecule has 0 atom stereocenters. The molecule has 0 bridgehead atoms. The van der Waals surface area contributed by atoms with E-state index in [0.29, 0.717) is 0 Å². The number of carbonyl (C=O) groups is 1. The van der Waals surface area contributed by atoms with Crippen LogP contribution < -0.4 is 0 Å². The summed E-state index contributed by atoms with van der Waals surface area (Å²) in [4.78, 5) is 12.0. The maximum Gasteiger partial charge on any atom is 0.341 e. The monoisotopic (exact) mass is 365 g/mol. The largest absolute Gasteiger partial charge is 0.457 e. The standard InChI is InChI=1S/C18H20FNO4S/c1-12-5-6-13(2)14(9-12)11-24-18(21)16-10-15(7-8-17(16)19)25(22,23)20(3)4/h5-10H,11H2,1-4H3. The number of aryl methyl sites for hydroxylation is 2. The van der Waals surface area contributed by atoms with Crippen LogP contribution in [0.4, 0.5) is 4.39 Å². The van der Waals surface area contributed by atoms with Crippen molar-refractivity contribution in [1.82, 2.24) is 4.31 Å². The minimum atomic E-state index is -3.77. The van der Waals surface area contributed by atoms with Crippen LogP contribution in [-0.2, 0) is 21.4 Å². The molecular weight excluding hydrogens is 345 g/mol. The highest BCUT2D eigenvalue weighted by atomic mass is 32.2. The summed E-state index contributed by atoms with van der Waals surface area (Å²) in [6, 6.07) is 8.79. The van der Waals surface area contributed by atoms with Gasteiger partial charge < -0.3 is 4.74 Å². The molecule has 25 heavy (non-hydrogen) atoms. The first-order valence-corrected chi connectivity index (χ1v) is 9.02. The van der Waals surface area contributed by atoms with Gasteiger partial charge in [0.1, 0.15) is 12.4 Å². The average molecular weight is 365 g/mol. The Balaban J connectivity index is 2.26. The van der Waals surface area contributed by atoms with Crippen LogP contribution in [0.2, 0.25) is 0 Å². The fourth-order valence-corrected chi connectivity index (χ4v) is 3.14. The van der Waals surface area contributed by atoms with E-state index >= 15 is 0 Å². The molecule has 134 valence electrons. The van der Waals surface area contributed by atoms with Crippen molar-refractivity contribution >= 4 is 16.0 Å². The Kier molecular flexibility index (Phi) is 5.59. The van der Waals surface area contributed by atoms with Crippen molar-refractivity contribution in [3.05, 3.63) is 64.5 Å². The highest BCUT2D eigenvalue weighted by Crippen LogP contribution is 2.19. The Hall–Kier alpha value is -2.25. The molecule has 0 aliphatic heterocycles. The molecular formula is C18H20FNO4S. The lowest BCUT2D eigenvalue weighted by Crippen LogP contribution is -2.22. The Morgan fingerprint density at radius 3 is 2.44 bits per heavy atom. The molecule has 0 aliphatic rings. The molecule has 0 spiro atoms. The Labute approximate surface area is 147 Å². The van der Waals surface area contributed by atoms with Gasteiger partial charge in [0, 0.05) is 14.1 Å². The van der Waals surface area contributed by atoms with E-state index in [-0.39, 0.29) is 11.5 Å². The van der Waals surface area contributed by atoms with Gasteiger partial charge in [0.25, 0.3) is 0 Å². The van der Waals surface area contributed by atoms with Gasteiger partial charge in [0.05, 0.1) is 10.5 Å². The normalized spacial score (nSPS) is 11.6. The molecule has 2 rings (SSSR count). The summed E-state index contributed by atoms with van der Waals surface area (Å²) < 4.78 is 44.4. The molecule has 0 saturated carbocycles. The Bertz CT molecular complexity index is 907. The number of carbonyl (C=O) groups excluding carboxylic acids is 1. The van der Waals surface area contributed by atoms with Crippen molar-refractivity contribution in [2.75, 3.05) is 14.1 Å². The van der Waals surface area contributed by atoms with Crippen LogP contribution in [0.5, 0.6) is 0 Å². The van der Waals surface area contributed by atoms with Gasteiger partial charge in [-0.3, -0.25) is 0 Å². The molecule has 0 N–H and O–H groups in total. The second-order valence-corrected chi connectivity index (χ2v) is 8.09. The van der Waals surface area contributed by atoms with Gasteiger partial charge in [-0.05, 0) is 43.2 Å². The first-order valence-electron chi connectivity index (χ1n) is 7.58. The lowest BCUT2D eigenvalue weighted by molar-refractivity contribution is 0.0466. The minimum Gasteiger partial charge on any atom is -0.457 e. The van der Waals surface area contributed by atoms with E-state index in [1.54, 1.807) is 0 Å². The number of ether oxygens (including phenoxy) is 1. The van der Waals surface area contributed by atoms with E-state index < -0.39 is 27.4 Å². The van der Waals surface area contributed by atoms with Gasteiger partial charge in [-0.2, -0.15) is 0 Å². The maximum atomic E-state index is 14.0. The summed E-state index contributed by atoms with van der Waals surface area (Å²) in [5.41, 5.74) is 2.36. The number of rotatable bonds is 5. The first kappa shape index (κ1) is 19.1. The summed E-state index contributed by atoms with van der Waals surface area (Å²) in [6.07, 6.45) is 0. The van der Waals surface area contributed by atoms with E-state index in [4.69, 9.17) is 4.74 Å². The zero-order chi connectivity index (χ0) is 18.8. The molecule has 0 amide bonds. The van der Waals surface area contributed by atoms with Crippen LogP contribution >= 0.6 is 0 Å². The van der Waals surface area contributed by atoms with E-state index in [1.807, 2.05) is 32.0 Å². The van der Waals surface area contributed by atoms with Crippen molar-refractivity contribution in [1.29, 1.82) is 0 Å². The topological polar surface area (TPSA) is 63.7 Å². The predicted octanol–water partition coefficient (Wildman–Crippen LogP) is 3.05. The highest BCUT2D eigenvalue weighted by Gasteiger charge is 2.22. The number of benzene rings is 2. The summed E-state index contributed by atoms with van der Waals surface area (Å²) in [7, 11) is -1.05. The molecule has 0 heterocycles. The highest BCUT2D eigenvalue weighted by molar-refractivity contribution is 7.89. The molecule has 0 radical (unpaired) electrons. The lowest BCUT2D eigenvalue weighted by Gasteiger charge is -2.13. The van der Waals surface area contributed by atoms with Gasteiger partial charge in [-0.25, -0.2) is 21.9 Å². The van der Waals surface area contributed by atoms with Crippen molar-refractivity contribution in [3.8, 4) is 0 Å². The van der Waals surface area contributed by atoms with Gasteiger partial charge in [0.15, 0.2) is 0 Å². The van der Waals surface area contributed by atoms with Gasteiger partial charge in [-0.15, -0.1) is 0 Å². The summed E-state index contributed by atoms with van der Waals surface area (Å²) >= 11 is 0. The summed E-state index contributed by atoms with van der Waals surface area (Å²) in [6.45, 7) is 3.78. The van der Waals surface area contributed by atoms with E-state index in [1.165, 1.54) is 14.1 Å². The number of nitrogens with zero attached hydrogens (tertiary/aromatic N) is 1. The SMILES string of the molecule is Cc1ccc(C)c(COC(=O)c2cc(S(=O)(=O)N(C)C)ccc2F)c1. The number of hydrogen-bond acceptors (Lipinski definition) is 4. The number of esters is 1. The van der Waals surface area contributed by atoms with Crippen molar-refractivity contribution in [2.24, 2.45) is 0 Å². The first-order chi connectivity index (χ1) is 11.6. The fraction of sp³-hybridized carbons (Fsp3) is 0.278. The molecule has 0 saturated heterocycles. The molecule has 2 aromatic rings. The van der Waals surface area contributed by atoms with E-state index in [9.17, 15) is 17.6 Å². The maximum absolute atomic E-state index is 14.0. The van der Waals surface area contributed by atoms with Crippen LogP contribution in [0.3, 0.4) is 0 Å². The van der Waals surface area contributed by atoms with Crippen molar-refractivity contribution < 1.29 is 22.3 Å². The number of halogens is 1. The zero-order valence-electron chi connectivity index (χ0n) is 14.5. The van der Waals surface area contributed by atoms with Crippen LogP contribution in [0.25, 0.3) is 0 Å². The predicted molar refractivity (Wildman–Crippen MR) is 92.3 cm³/mol. The minimum absolute atomic E-state index is 0.0174. The average Bonchev–Trinajstić information content (AvgIpc) is 2.55. The van der Waals surface area contributed by atoms with E-state index in [2.05, 4.69) is 0 Å². The smallest absolute Gasteiger partial charge is 0.341 e. The van der Waals surface area contributed by atoms with Crippen molar-refractivity contribution in [3.63, 3.8) is 0 Å². The molecule has 0 aromatic heterocycles. The lowest BCUT2D eigenvalue weighted by atomic mass is 10.1. The number of hydrogen-bond donors (Lipinski definition) is 0. The third-order valence-electron chi connectivity index (χ3n) is 3.80. The number of sulfonamides is 1. The quantitative estimate of drug-likeness (QED) is 0.764. The van der Waals surface area contributed by atoms with Gasteiger partial charge >= 0.3 is 5.97 Å². The van der Waals surface area contributed by atoms with Gasteiger partial charge in [-0.1, -0.05) is 23.8 Å². The van der Waals surface area contributed by atoms with Crippen LogP contribution in [-0.4, -0.2) is 32.8 Å². The molecule has 7 heteroatoms. The van der Waals surface area contributed by atoms with Crippen LogP contribution in [0.1, 0.15) is 27.0 Å². The molecule has 2 aromatic carbocycles. The molecule has 0 unspecified atom stereocenters. The third kappa shape index (κ3) is 4.24.